The average Bonchev–Trinajstić information content (AvgIpc) is 3.17. The fourth-order valence-corrected chi connectivity index (χ4v) is 4.22. The van der Waals surface area contributed by atoms with Gasteiger partial charge < -0.3 is 14.8 Å². The maximum Gasteiger partial charge on any atom is 0.318 e. The van der Waals surface area contributed by atoms with Crippen LogP contribution in [-0.4, -0.2) is 28.6 Å². The molecule has 1 aliphatic heterocycles. The Morgan fingerprint density at radius 3 is 2.64 bits per heavy atom. The van der Waals surface area contributed by atoms with Crippen LogP contribution in [0.3, 0.4) is 0 Å². The van der Waals surface area contributed by atoms with Gasteiger partial charge in [0.05, 0.1) is 0 Å². The van der Waals surface area contributed by atoms with Crippen molar-refractivity contribution in [3.05, 3.63) is 93.7 Å². The van der Waals surface area contributed by atoms with E-state index < -0.39 is 0 Å². The van der Waals surface area contributed by atoms with Gasteiger partial charge in [0.2, 0.25) is 0 Å². The van der Waals surface area contributed by atoms with E-state index >= 15 is 0 Å². The summed E-state index contributed by atoms with van der Waals surface area (Å²) < 4.78 is 2.17. The molecule has 0 aliphatic carbocycles. The number of hydrogen-bond acceptors (Lipinski definition) is 1. The maximum absolute atomic E-state index is 13.0. The number of urea groups is 1. The second kappa shape index (κ2) is 8.29. The lowest BCUT2D eigenvalue weighted by molar-refractivity contribution is 0.169. The van der Waals surface area contributed by atoms with Gasteiger partial charge in [0.25, 0.3) is 0 Å². The highest BCUT2D eigenvalue weighted by molar-refractivity contribution is 6.35. The Hall–Kier alpha value is -2.43. The quantitative estimate of drug-likeness (QED) is 0.630. The summed E-state index contributed by atoms with van der Waals surface area (Å²) in [5, 5.41) is 4.21. The van der Waals surface area contributed by atoms with Crippen molar-refractivity contribution >= 4 is 29.2 Å². The molecule has 28 heavy (non-hydrogen) atoms. The van der Waals surface area contributed by atoms with Crippen LogP contribution in [0, 0.1) is 0 Å². The standard InChI is InChI=1S/C22H21Cl2N3O/c23-17-8-9-18(19(24)15-17)21-20-7-4-12-26(20)13-14-27(21)22(28)25-11-10-16-5-2-1-3-6-16/h1-9,12,15,21H,10-11,13-14H2,(H,25,28)/t21-/m1/s1. The van der Waals surface area contributed by atoms with E-state index in [0.29, 0.717) is 23.1 Å². The highest BCUT2D eigenvalue weighted by Crippen LogP contribution is 2.37. The molecule has 144 valence electrons. The van der Waals surface area contributed by atoms with Gasteiger partial charge in [-0.2, -0.15) is 0 Å². The number of halogens is 2. The van der Waals surface area contributed by atoms with Crippen molar-refractivity contribution in [3.63, 3.8) is 0 Å². The van der Waals surface area contributed by atoms with E-state index in [0.717, 1.165) is 24.2 Å². The SMILES string of the molecule is O=C(NCCc1ccccc1)N1CCn2cccc2[C@H]1c1ccc(Cl)cc1Cl. The summed E-state index contributed by atoms with van der Waals surface area (Å²) in [4.78, 5) is 14.9. The fourth-order valence-electron chi connectivity index (χ4n) is 3.71. The Balaban J connectivity index is 1.55. The first-order chi connectivity index (χ1) is 13.6. The van der Waals surface area contributed by atoms with Crippen LogP contribution in [0.2, 0.25) is 10.0 Å². The van der Waals surface area contributed by atoms with Gasteiger partial charge >= 0.3 is 6.03 Å². The summed E-state index contributed by atoms with van der Waals surface area (Å²) in [7, 11) is 0. The van der Waals surface area contributed by atoms with Crippen molar-refractivity contribution in [1.82, 2.24) is 14.8 Å². The highest BCUT2D eigenvalue weighted by Gasteiger charge is 2.33. The van der Waals surface area contributed by atoms with Gasteiger partial charge in [-0.05, 0) is 41.8 Å². The van der Waals surface area contributed by atoms with Crippen LogP contribution in [0.25, 0.3) is 0 Å². The minimum Gasteiger partial charge on any atom is -0.348 e. The van der Waals surface area contributed by atoms with Gasteiger partial charge in [-0.1, -0.05) is 59.6 Å². The number of nitrogens with zero attached hydrogens (tertiary/aromatic N) is 2. The molecule has 0 unspecified atom stereocenters. The van der Waals surface area contributed by atoms with E-state index in [2.05, 4.69) is 22.0 Å². The number of nitrogens with one attached hydrogen (secondary N) is 1. The third-order valence-corrected chi connectivity index (χ3v) is 5.65. The predicted molar refractivity (Wildman–Crippen MR) is 113 cm³/mol. The zero-order valence-electron chi connectivity index (χ0n) is 15.3. The summed E-state index contributed by atoms with van der Waals surface area (Å²) in [5.74, 6) is 0. The van der Waals surface area contributed by atoms with Gasteiger partial charge in [-0.15, -0.1) is 0 Å². The van der Waals surface area contributed by atoms with Crippen molar-refractivity contribution in [3.8, 4) is 0 Å². The van der Waals surface area contributed by atoms with Crippen LogP contribution in [0.5, 0.6) is 0 Å². The van der Waals surface area contributed by atoms with E-state index in [4.69, 9.17) is 23.2 Å². The second-order valence-electron chi connectivity index (χ2n) is 6.86. The molecule has 0 saturated carbocycles. The van der Waals surface area contributed by atoms with Crippen molar-refractivity contribution in [2.45, 2.75) is 19.0 Å². The number of fused-ring (bicyclic) bond motifs is 1. The molecule has 2 heterocycles. The first kappa shape index (κ1) is 18.9. The molecule has 3 aromatic rings. The number of hydrogen-bond donors (Lipinski definition) is 1. The zero-order chi connectivity index (χ0) is 19.5. The minimum atomic E-state index is -0.245. The molecule has 0 saturated heterocycles. The van der Waals surface area contributed by atoms with E-state index in [1.807, 2.05) is 53.6 Å². The second-order valence-corrected chi connectivity index (χ2v) is 7.70. The number of carbonyl (C=O) groups is 1. The molecule has 1 N–H and O–H groups in total. The Bertz CT molecular complexity index is 971. The van der Waals surface area contributed by atoms with Crippen molar-refractivity contribution < 1.29 is 4.79 Å². The lowest BCUT2D eigenvalue weighted by Crippen LogP contribution is -2.47. The van der Waals surface area contributed by atoms with Crippen LogP contribution in [0.15, 0.2) is 66.9 Å². The highest BCUT2D eigenvalue weighted by atomic mass is 35.5. The Morgan fingerprint density at radius 1 is 1.04 bits per heavy atom. The van der Waals surface area contributed by atoms with Gasteiger partial charge in [0.1, 0.15) is 6.04 Å². The minimum absolute atomic E-state index is 0.0839. The van der Waals surface area contributed by atoms with E-state index in [1.54, 1.807) is 6.07 Å². The number of rotatable bonds is 4. The molecule has 6 heteroatoms. The molecule has 1 atom stereocenters. The smallest absolute Gasteiger partial charge is 0.318 e. The largest absolute Gasteiger partial charge is 0.348 e. The summed E-state index contributed by atoms with van der Waals surface area (Å²) in [6.07, 6.45) is 2.83. The summed E-state index contributed by atoms with van der Waals surface area (Å²) >= 11 is 12.6. The first-order valence-corrected chi connectivity index (χ1v) is 10.1. The van der Waals surface area contributed by atoms with Gasteiger partial charge in [-0.3, -0.25) is 0 Å². The summed E-state index contributed by atoms with van der Waals surface area (Å²) in [6, 6.07) is 19.3. The monoisotopic (exact) mass is 413 g/mol. The third kappa shape index (κ3) is 3.89. The van der Waals surface area contributed by atoms with Gasteiger partial charge in [0, 0.05) is 41.6 Å². The van der Waals surface area contributed by atoms with Crippen LogP contribution in [0.4, 0.5) is 4.79 Å². The lowest BCUT2D eigenvalue weighted by atomic mass is 10.00. The molecule has 2 aromatic carbocycles. The van der Waals surface area contributed by atoms with E-state index in [-0.39, 0.29) is 12.1 Å². The number of benzene rings is 2. The third-order valence-electron chi connectivity index (χ3n) is 5.09. The molecule has 1 aliphatic rings. The molecule has 4 rings (SSSR count). The molecular formula is C22H21Cl2N3O. The van der Waals surface area contributed by atoms with Gasteiger partial charge in [-0.25, -0.2) is 4.79 Å². The first-order valence-electron chi connectivity index (χ1n) is 9.32. The average molecular weight is 414 g/mol. The van der Waals surface area contributed by atoms with Crippen LogP contribution in [0.1, 0.15) is 22.9 Å². The Kier molecular flexibility index (Phi) is 5.60. The molecule has 1 aromatic heterocycles. The van der Waals surface area contributed by atoms with Crippen LogP contribution in [-0.2, 0) is 13.0 Å². The predicted octanol–water partition coefficient (Wildman–Crippen LogP) is 5.15. The molecular weight excluding hydrogens is 393 g/mol. The van der Waals surface area contributed by atoms with E-state index in [9.17, 15) is 4.79 Å². The lowest BCUT2D eigenvalue weighted by Gasteiger charge is -2.37. The topological polar surface area (TPSA) is 37.3 Å². The van der Waals surface area contributed by atoms with E-state index in [1.165, 1.54) is 5.56 Å². The molecule has 4 nitrogen and oxygen atoms in total. The number of carbonyl (C=O) groups excluding carboxylic acids is 1. The number of aromatic nitrogens is 1. The summed E-state index contributed by atoms with van der Waals surface area (Å²) in [6.45, 7) is 1.96. The van der Waals surface area contributed by atoms with Crippen LogP contribution < -0.4 is 5.32 Å². The zero-order valence-corrected chi connectivity index (χ0v) is 16.8. The van der Waals surface area contributed by atoms with Crippen molar-refractivity contribution in [2.24, 2.45) is 0 Å². The molecule has 0 radical (unpaired) electrons. The Morgan fingerprint density at radius 2 is 1.86 bits per heavy atom. The number of amides is 2. The normalized spacial score (nSPS) is 15.9. The van der Waals surface area contributed by atoms with Crippen molar-refractivity contribution in [2.75, 3.05) is 13.1 Å². The Labute approximate surface area is 174 Å². The van der Waals surface area contributed by atoms with Crippen molar-refractivity contribution in [1.29, 1.82) is 0 Å². The van der Waals surface area contributed by atoms with Crippen LogP contribution >= 0.6 is 23.2 Å². The molecule has 2 amide bonds. The summed E-state index contributed by atoms with van der Waals surface area (Å²) in [5.41, 5.74) is 3.13. The molecule has 0 spiro atoms. The van der Waals surface area contributed by atoms with Gasteiger partial charge in [0.15, 0.2) is 0 Å². The maximum atomic E-state index is 13.0. The molecule has 0 bridgehead atoms. The fraction of sp³-hybridized carbons (Fsp3) is 0.227. The molecule has 0 fully saturated rings.